The van der Waals surface area contributed by atoms with Crippen molar-refractivity contribution in [3.8, 4) is 5.75 Å². The number of alkyl halides is 3. The molecular formula is C16H22F3NO. The minimum atomic E-state index is -4.38. The van der Waals surface area contributed by atoms with Crippen molar-refractivity contribution < 1.29 is 17.9 Å². The highest BCUT2D eigenvalue weighted by Gasteiger charge is 2.35. The second kappa shape index (κ2) is 6.69. The third-order valence-corrected chi connectivity index (χ3v) is 3.97. The van der Waals surface area contributed by atoms with Gasteiger partial charge in [-0.05, 0) is 49.5 Å². The third kappa shape index (κ3) is 3.90. The Labute approximate surface area is 123 Å². The van der Waals surface area contributed by atoms with Crippen LogP contribution in [0, 0.1) is 0 Å². The van der Waals surface area contributed by atoms with Gasteiger partial charge in [0.2, 0.25) is 0 Å². The summed E-state index contributed by atoms with van der Waals surface area (Å²) in [6.45, 7) is 4.37. The van der Waals surface area contributed by atoms with E-state index in [2.05, 4.69) is 4.90 Å². The zero-order chi connectivity index (χ0) is 15.5. The summed E-state index contributed by atoms with van der Waals surface area (Å²) in [6, 6.07) is 3.09. The number of methoxy groups -OCH3 is 1. The van der Waals surface area contributed by atoms with Gasteiger partial charge >= 0.3 is 6.18 Å². The molecule has 2 rings (SSSR count). The van der Waals surface area contributed by atoms with E-state index in [-0.39, 0.29) is 5.75 Å². The summed E-state index contributed by atoms with van der Waals surface area (Å²) in [4.78, 5) is 2.23. The SMILES string of the molecule is CCc1cc(CN2CCCCC2)cc(C(F)(F)F)c1OC. The number of ether oxygens (including phenoxy) is 1. The molecule has 0 bridgehead atoms. The highest BCUT2D eigenvalue weighted by molar-refractivity contribution is 5.46. The average molecular weight is 301 g/mol. The summed E-state index contributed by atoms with van der Waals surface area (Å²) >= 11 is 0. The second-order valence-electron chi connectivity index (χ2n) is 5.52. The number of nitrogens with zero attached hydrogens (tertiary/aromatic N) is 1. The number of hydrogen-bond acceptors (Lipinski definition) is 2. The number of likely N-dealkylation sites (tertiary alicyclic amines) is 1. The molecule has 118 valence electrons. The summed E-state index contributed by atoms with van der Waals surface area (Å²) in [6.07, 6.45) is -0.383. The molecular weight excluding hydrogens is 279 g/mol. The Bertz CT molecular complexity index is 479. The van der Waals surface area contributed by atoms with Gasteiger partial charge in [0, 0.05) is 6.54 Å². The van der Waals surface area contributed by atoms with Gasteiger partial charge in [0.1, 0.15) is 5.75 Å². The Hall–Kier alpha value is -1.23. The maximum atomic E-state index is 13.2. The molecule has 0 atom stereocenters. The monoisotopic (exact) mass is 301 g/mol. The van der Waals surface area contributed by atoms with E-state index >= 15 is 0 Å². The van der Waals surface area contributed by atoms with Crippen molar-refractivity contribution in [2.24, 2.45) is 0 Å². The van der Waals surface area contributed by atoms with Crippen LogP contribution in [0.4, 0.5) is 13.2 Å². The van der Waals surface area contributed by atoms with Crippen LogP contribution in [-0.4, -0.2) is 25.1 Å². The predicted octanol–water partition coefficient (Wildman–Crippen LogP) is 4.26. The van der Waals surface area contributed by atoms with Crippen molar-refractivity contribution in [2.45, 2.75) is 45.3 Å². The van der Waals surface area contributed by atoms with Crippen molar-refractivity contribution in [3.63, 3.8) is 0 Å². The first-order chi connectivity index (χ1) is 9.95. The van der Waals surface area contributed by atoms with Gasteiger partial charge in [0.05, 0.1) is 12.7 Å². The van der Waals surface area contributed by atoms with Crippen LogP contribution in [0.25, 0.3) is 0 Å². The number of aryl methyl sites for hydroxylation is 1. The molecule has 1 aliphatic rings. The Morgan fingerprint density at radius 2 is 1.81 bits per heavy atom. The van der Waals surface area contributed by atoms with Crippen LogP contribution in [0.1, 0.15) is 42.9 Å². The quantitative estimate of drug-likeness (QED) is 0.824. The molecule has 0 unspecified atom stereocenters. The highest BCUT2D eigenvalue weighted by Crippen LogP contribution is 2.39. The maximum Gasteiger partial charge on any atom is 0.419 e. The fourth-order valence-electron chi connectivity index (χ4n) is 2.94. The molecule has 2 nitrogen and oxygen atoms in total. The van der Waals surface area contributed by atoms with Gasteiger partial charge < -0.3 is 4.74 Å². The molecule has 0 radical (unpaired) electrons. The van der Waals surface area contributed by atoms with E-state index in [1.807, 2.05) is 13.0 Å². The minimum Gasteiger partial charge on any atom is -0.496 e. The zero-order valence-corrected chi connectivity index (χ0v) is 12.6. The number of piperidine rings is 1. The van der Waals surface area contributed by atoms with Crippen molar-refractivity contribution in [2.75, 3.05) is 20.2 Å². The molecule has 0 spiro atoms. The molecule has 1 saturated heterocycles. The first kappa shape index (κ1) is 16.1. The first-order valence-electron chi connectivity index (χ1n) is 7.45. The smallest absolute Gasteiger partial charge is 0.419 e. The topological polar surface area (TPSA) is 12.5 Å². The lowest BCUT2D eigenvalue weighted by molar-refractivity contribution is -0.138. The van der Waals surface area contributed by atoms with E-state index in [1.54, 1.807) is 0 Å². The molecule has 1 fully saturated rings. The lowest BCUT2D eigenvalue weighted by Crippen LogP contribution is -2.29. The Morgan fingerprint density at radius 1 is 1.14 bits per heavy atom. The second-order valence-corrected chi connectivity index (χ2v) is 5.52. The molecule has 21 heavy (non-hydrogen) atoms. The predicted molar refractivity (Wildman–Crippen MR) is 76.5 cm³/mol. The van der Waals surface area contributed by atoms with Crippen LogP contribution >= 0.6 is 0 Å². The number of rotatable bonds is 4. The number of hydrogen-bond donors (Lipinski definition) is 0. The van der Waals surface area contributed by atoms with Gasteiger partial charge in [0.25, 0.3) is 0 Å². The van der Waals surface area contributed by atoms with Crippen LogP contribution in [-0.2, 0) is 19.1 Å². The van der Waals surface area contributed by atoms with E-state index in [0.717, 1.165) is 31.5 Å². The summed E-state index contributed by atoms with van der Waals surface area (Å²) in [5.74, 6) is -0.0348. The number of benzene rings is 1. The van der Waals surface area contributed by atoms with Gasteiger partial charge in [-0.1, -0.05) is 19.4 Å². The van der Waals surface area contributed by atoms with Crippen LogP contribution < -0.4 is 4.74 Å². The third-order valence-electron chi connectivity index (χ3n) is 3.97. The maximum absolute atomic E-state index is 13.2. The fourth-order valence-corrected chi connectivity index (χ4v) is 2.94. The highest BCUT2D eigenvalue weighted by atomic mass is 19.4. The van der Waals surface area contributed by atoms with Gasteiger partial charge in [0.15, 0.2) is 0 Å². The lowest BCUT2D eigenvalue weighted by atomic mass is 10.0. The molecule has 1 aliphatic heterocycles. The van der Waals surface area contributed by atoms with Crippen molar-refractivity contribution >= 4 is 0 Å². The van der Waals surface area contributed by atoms with Crippen molar-refractivity contribution in [1.82, 2.24) is 4.90 Å². The summed E-state index contributed by atoms with van der Waals surface area (Å²) in [5.41, 5.74) is 0.692. The van der Waals surface area contributed by atoms with Gasteiger partial charge in [-0.15, -0.1) is 0 Å². The van der Waals surface area contributed by atoms with Crippen LogP contribution in [0.5, 0.6) is 5.75 Å². The summed E-state index contributed by atoms with van der Waals surface area (Å²) in [7, 11) is 1.30. The normalized spacial score (nSPS) is 17.0. The molecule has 1 aromatic carbocycles. The first-order valence-corrected chi connectivity index (χ1v) is 7.45. The Balaban J connectivity index is 2.33. The largest absolute Gasteiger partial charge is 0.496 e. The Morgan fingerprint density at radius 3 is 2.33 bits per heavy atom. The molecule has 1 aromatic rings. The fraction of sp³-hybridized carbons (Fsp3) is 0.625. The number of halogens is 3. The molecule has 1 heterocycles. The van der Waals surface area contributed by atoms with Crippen LogP contribution in [0.15, 0.2) is 12.1 Å². The van der Waals surface area contributed by atoms with Crippen molar-refractivity contribution in [3.05, 3.63) is 28.8 Å². The minimum absolute atomic E-state index is 0.0348. The summed E-state index contributed by atoms with van der Waals surface area (Å²) < 4.78 is 44.7. The molecule has 0 N–H and O–H groups in total. The standard InChI is InChI=1S/C16H22F3NO/c1-3-13-9-12(11-20-7-5-4-6-8-20)10-14(15(13)21-2)16(17,18)19/h9-10H,3-8,11H2,1-2H3. The molecule has 0 aliphatic carbocycles. The van der Waals surface area contributed by atoms with E-state index in [9.17, 15) is 13.2 Å². The zero-order valence-electron chi connectivity index (χ0n) is 12.6. The molecule has 5 heteroatoms. The van der Waals surface area contributed by atoms with E-state index < -0.39 is 11.7 Å². The molecule has 0 amide bonds. The van der Waals surface area contributed by atoms with Crippen LogP contribution in [0.3, 0.4) is 0 Å². The molecule has 0 saturated carbocycles. The van der Waals surface area contributed by atoms with E-state index in [1.165, 1.54) is 19.6 Å². The van der Waals surface area contributed by atoms with Gasteiger partial charge in [-0.3, -0.25) is 4.90 Å². The average Bonchev–Trinajstić information content (AvgIpc) is 2.46. The van der Waals surface area contributed by atoms with Crippen LogP contribution in [0.2, 0.25) is 0 Å². The van der Waals surface area contributed by atoms with Gasteiger partial charge in [-0.25, -0.2) is 0 Å². The Kier molecular flexibility index (Phi) is 5.14. The lowest BCUT2D eigenvalue weighted by Gasteiger charge is -2.27. The van der Waals surface area contributed by atoms with Gasteiger partial charge in [-0.2, -0.15) is 13.2 Å². The van der Waals surface area contributed by atoms with E-state index in [0.29, 0.717) is 18.5 Å². The van der Waals surface area contributed by atoms with E-state index in [4.69, 9.17) is 4.74 Å². The molecule has 0 aromatic heterocycles. The van der Waals surface area contributed by atoms with Crippen molar-refractivity contribution in [1.29, 1.82) is 0 Å². The summed E-state index contributed by atoms with van der Waals surface area (Å²) in [5, 5.41) is 0.